The van der Waals surface area contributed by atoms with E-state index in [2.05, 4.69) is 17.4 Å². The lowest BCUT2D eigenvalue weighted by molar-refractivity contribution is 0.108. The van der Waals surface area contributed by atoms with E-state index in [1.165, 1.54) is 5.56 Å². The van der Waals surface area contributed by atoms with Crippen LogP contribution in [0.15, 0.2) is 53.1 Å². The minimum atomic E-state index is -0.0715. The van der Waals surface area contributed by atoms with Crippen LogP contribution in [0.2, 0.25) is 0 Å². The zero-order valence-electron chi connectivity index (χ0n) is 13.8. The fourth-order valence-electron chi connectivity index (χ4n) is 2.87. The van der Waals surface area contributed by atoms with Gasteiger partial charge in [0.2, 0.25) is 0 Å². The van der Waals surface area contributed by atoms with Gasteiger partial charge in [0.25, 0.3) is 0 Å². The van der Waals surface area contributed by atoms with Gasteiger partial charge in [-0.25, -0.2) is 4.79 Å². The fraction of sp³-hybridized carbons (Fsp3) is 0.421. The Morgan fingerprint density at radius 1 is 1.21 bits per heavy atom. The number of ether oxygens (including phenoxy) is 1. The van der Waals surface area contributed by atoms with Crippen LogP contribution in [-0.4, -0.2) is 36.7 Å². The van der Waals surface area contributed by atoms with Gasteiger partial charge in [-0.2, -0.15) is 0 Å². The maximum absolute atomic E-state index is 12.6. The van der Waals surface area contributed by atoms with E-state index in [9.17, 15) is 4.79 Å². The van der Waals surface area contributed by atoms with E-state index in [4.69, 9.17) is 9.15 Å². The second-order valence-corrected chi connectivity index (χ2v) is 6.06. The molecule has 0 bridgehead atoms. The number of nitrogens with zero attached hydrogens (tertiary/aromatic N) is 1. The van der Waals surface area contributed by atoms with Gasteiger partial charge in [-0.15, -0.1) is 0 Å². The summed E-state index contributed by atoms with van der Waals surface area (Å²) in [6.07, 6.45) is 4.69. The molecule has 1 saturated heterocycles. The third kappa shape index (κ3) is 4.86. The number of carbonyl (C=O) groups is 1. The molecule has 2 amide bonds. The topological polar surface area (TPSA) is 54.7 Å². The average molecular weight is 328 g/mol. The van der Waals surface area contributed by atoms with Crippen molar-refractivity contribution in [1.29, 1.82) is 0 Å². The van der Waals surface area contributed by atoms with Gasteiger partial charge in [0, 0.05) is 19.7 Å². The zero-order chi connectivity index (χ0) is 16.6. The molecule has 1 fully saturated rings. The highest BCUT2D eigenvalue weighted by atomic mass is 16.5. The van der Waals surface area contributed by atoms with Gasteiger partial charge in [0.05, 0.1) is 18.9 Å². The lowest BCUT2D eigenvalue weighted by atomic mass is 10.1. The Morgan fingerprint density at radius 3 is 2.79 bits per heavy atom. The van der Waals surface area contributed by atoms with Crippen molar-refractivity contribution in [3.05, 3.63) is 60.1 Å². The largest absolute Gasteiger partial charge is 0.467 e. The molecule has 2 heterocycles. The van der Waals surface area contributed by atoms with Gasteiger partial charge in [-0.05, 0) is 37.0 Å². The smallest absolute Gasteiger partial charge is 0.317 e. The Bertz CT molecular complexity index is 607. The quantitative estimate of drug-likeness (QED) is 0.849. The Morgan fingerprint density at radius 2 is 2.08 bits per heavy atom. The molecule has 1 unspecified atom stereocenters. The number of hydrogen-bond acceptors (Lipinski definition) is 3. The van der Waals surface area contributed by atoms with Crippen LogP contribution in [0.3, 0.4) is 0 Å². The lowest BCUT2D eigenvalue weighted by Gasteiger charge is -2.23. The molecule has 5 nitrogen and oxygen atoms in total. The first-order valence-electron chi connectivity index (χ1n) is 8.52. The van der Waals surface area contributed by atoms with E-state index in [0.29, 0.717) is 19.6 Å². The summed E-state index contributed by atoms with van der Waals surface area (Å²) in [5, 5.41) is 2.99. The number of benzene rings is 1. The summed E-state index contributed by atoms with van der Waals surface area (Å²) in [6.45, 7) is 2.47. The van der Waals surface area contributed by atoms with E-state index in [-0.39, 0.29) is 12.1 Å². The molecule has 0 saturated carbocycles. The monoisotopic (exact) mass is 328 g/mol. The normalized spacial score (nSPS) is 16.9. The maximum Gasteiger partial charge on any atom is 0.317 e. The van der Waals surface area contributed by atoms with Crippen molar-refractivity contribution in [2.24, 2.45) is 0 Å². The number of rotatable bonds is 7. The minimum Gasteiger partial charge on any atom is -0.467 e. The molecular weight excluding hydrogens is 304 g/mol. The molecule has 1 N–H and O–H groups in total. The third-order valence-electron chi connectivity index (χ3n) is 4.23. The molecule has 1 aromatic heterocycles. The molecule has 0 aliphatic carbocycles. The van der Waals surface area contributed by atoms with Crippen LogP contribution in [0.5, 0.6) is 0 Å². The Balaban J connectivity index is 1.56. The highest BCUT2D eigenvalue weighted by Crippen LogP contribution is 2.12. The van der Waals surface area contributed by atoms with Crippen LogP contribution in [0.25, 0.3) is 0 Å². The molecular formula is C19H24N2O3. The predicted molar refractivity (Wildman–Crippen MR) is 91.6 cm³/mol. The van der Waals surface area contributed by atoms with Crippen LogP contribution >= 0.6 is 0 Å². The van der Waals surface area contributed by atoms with E-state index in [1.54, 1.807) is 11.2 Å². The van der Waals surface area contributed by atoms with Crippen molar-refractivity contribution in [3.8, 4) is 0 Å². The van der Waals surface area contributed by atoms with Gasteiger partial charge in [0.1, 0.15) is 5.76 Å². The molecule has 0 spiro atoms. The number of nitrogens with one attached hydrogen (secondary N) is 1. The van der Waals surface area contributed by atoms with E-state index in [0.717, 1.165) is 31.6 Å². The van der Waals surface area contributed by atoms with Gasteiger partial charge < -0.3 is 19.4 Å². The van der Waals surface area contributed by atoms with E-state index >= 15 is 0 Å². The van der Waals surface area contributed by atoms with Crippen molar-refractivity contribution in [2.75, 3.05) is 19.7 Å². The first-order valence-corrected chi connectivity index (χ1v) is 8.52. The van der Waals surface area contributed by atoms with Gasteiger partial charge in [0.15, 0.2) is 0 Å². The molecule has 3 rings (SSSR count). The fourth-order valence-corrected chi connectivity index (χ4v) is 2.87. The van der Waals surface area contributed by atoms with E-state index in [1.807, 2.05) is 30.3 Å². The van der Waals surface area contributed by atoms with Crippen molar-refractivity contribution in [2.45, 2.75) is 31.9 Å². The van der Waals surface area contributed by atoms with Crippen LogP contribution in [0.1, 0.15) is 24.2 Å². The predicted octanol–water partition coefficient (Wildman–Crippen LogP) is 3.21. The second kappa shape index (κ2) is 8.55. The first kappa shape index (κ1) is 16.6. The molecule has 1 aliphatic rings. The molecule has 128 valence electrons. The van der Waals surface area contributed by atoms with Gasteiger partial charge >= 0.3 is 6.03 Å². The number of amides is 2. The molecule has 0 radical (unpaired) electrons. The van der Waals surface area contributed by atoms with Crippen molar-refractivity contribution in [1.82, 2.24) is 10.2 Å². The van der Waals surface area contributed by atoms with Crippen LogP contribution < -0.4 is 5.32 Å². The molecule has 1 aliphatic heterocycles. The summed E-state index contributed by atoms with van der Waals surface area (Å²) < 4.78 is 11.0. The number of carbonyl (C=O) groups excluding carboxylic acids is 1. The summed E-state index contributed by atoms with van der Waals surface area (Å²) in [7, 11) is 0. The maximum atomic E-state index is 12.6. The molecule has 24 heavy (non-hydrogen) atoms. The molecule has 1 aromatic carbocycles. The molecule has 2 aromatic rings. The summed E-state index contributed by atoms with van der Waals surface area (Å²) in [4.78, 5) is 14.4. The van der Waals surface area contributed by atoms with Gasteiger partial charge in [-0.3, -0.25) is 0 Å². The second-order valence-electron chi connectivity index (χ2n) is 6.06. The zero-order valence-corrected chi connectivity index (χ0v) is 13.8. The highest BCUT2D eigenvalue weighted by Gasteiger charge is 2.19. The van der Waals surface area contributed by atoms with Crippen molar-refractivity contribution in [3.63, 3.8) is 0 Å². The van der Waals surface area contributed by atoms with Crippen LogP contribution in [-0.2, 0) is 17.7 Å². The Labute approximate surface area is 142 Å². The van der Waals surface area contributed by atoms with Crippen LogP contribution in [0, 0.1) is 0 Å². The molecule has 5 heteroatoms. The van der Waals surface area contributed by atoms with E-state index < -0.39 is 0 Å². The van der Waals surface area contributed by atoms with Crippen LogP contribution in [0.4, 0.5) is 4.79 Å². The lowest BCUT2D eigenvalue weighted by Crippen LogP contribution is -2.43. The average Bonchev–Trinajstić information content (AvgIpc) is 3.31. The summed E-state index contributed by atoms with van der Waals surface area (Å²) in [5.74, 6) is 0.787. The number of hydrogen-bond donors (Lipinski definition) is 1. The van der Waals surface area contributed by atoms with Gasteiger partial charge in [-0.1, -0.05) is 30.3 Å². The Hall–Kier alpha value is -2.27. The van der Waals surface area contributed by atoms with Crippen molar-refractivity contribution >= 4 is 6.03 Å². The SMILES string of the molecule is O=C(NCC1CCCO1)N(CCc1ccccc1)Cc1ccco1. The summed E-state index contributed by atoms with van der Waals surface area (Å²) >= 11 is 0. The van der Waals surface area contributed by atoms with Crippen molar-refractivity contribution < 1.29 is 13.9 Å². The standard InChI is InChI=1S/C19H24N2O3/c22-19(20-14-17-8-4-12-23-17)21(15-18-9-5-13-24-18)11-10-16-6-2-1-3-7-16/h1-3,5-7,9,13,17H,4,8,10-12,14-15H2,(H,20,22). The summed E-state index contributed by atoms with van der Waals surface area (Å²) in [6, 6.07) is 13.9. The number of furan rings is 1. The molecule has 1 atom stereocenters. The first-order chi connectivity index (χ1) is 11.8. The highest BCUT2D eigenvalue weighted by molar-refractivity contribution is 5.74. The number of urea groups is 1. The minimum absolute atomic E-state index is 0.0715. The Kier molecular flexibility index (Phi) is 5.90. The third-order valence-corrected chi connectivity index (χ3v) is 4.23. The summed E-state index contributed by atoms with van der Waals surface area (Å²) in [5.41, 5.74) is 1.22.